The molecule has 1 amide bonds. The molecule has 0 atom stereocenters. The molecular formula is C13H12ClN3O3. The van der Waals surface area contributed by atoms with E-state index in [0.29, 0.717) is 18.5 Å². The molecule has 2 aromatic heterocycles. The average Bonchev–Trinajstić information content (AvgIpc) is 2.69. The minimum atomic E-state index is -1.17. The van der Waals surface area contributed by atoms with Gasteiger partial charge in [0, 0.05) is 6.20 Å². The van der Waals surface area contributed by atoms with E-state index in [2.05, 4.69) is 10.3 Å². The van der Waals surface area contributed by atoms with Crippen molar-refractivity contribution in [2.75, 3.05) is 0 Å². The van der Waals surface area contributed by atoms with Crippen molar-refractivity contribution in [3.05, 3.63) is 35.2 Å². The molecule has 7 heteroatoms. The van der Waals surface area contributed by atoms with Crippen LogP contribution >= 0.6 is 11.6 Å². The number of carbonyl (C=O) groups excluding carboxylic acids is 1. The van der Waals surface area contributed by atoms with Crippen molar-refractivity contribution in [2.24, 2.45) is 0 Å². The van der Waals surface area contributed by atoms with Gasteiger partial charge in [0.25, 0.3) is 5.91 Å². The van der Waals surface area contributed by atoms with Crippen LogP contribution in [0.2, 0.25) is 5.15 Å². The predicted octanol–water partition coefficient (Wildman–Crippen LogP) is 1.72. The van der Waals surface area contributed by atoms with Gasteiger partial charge in [0.05, 0.1) is 0 Å². The highest BCUT2D eigenvalue weighted by atomic mass is 35.5. The zero-order chi connectivity index (χ0) is 14.3. The number of amides is 1. The quantitative estimate of drug-likeness (QED) is 0.902. The molecule has 3 rings (SSSR count). The van der Waals surface area contributed by atoms with E-state index in [1.807, 2.05) is 0 Å². The SMILES string of the molecule is O=C(NC1(C(=O)O)CCC1)c1c(Cl)nc2ccccn12. The fraction of sp³-hybridized carbons (Fsp3) is 0.308. The van der Waals surface area contributed by atoms with E-state index in [1.54, 1.807) is 28.8 Å². The summed E-state index contributed by atoms with van der Waals surface area (Å²) in [6.45, 7) is 0. The van der Waals surface area contributed by atoms with Crippen molar-refractivity contribution >= 4 is 29.1 Å². The van der Waals surface area contributed by atoms with Gasteiger partial charge in [0.2, 0.25) is 0 Å². The molecule has 1 aliphatic carbocycles. The standard InChI is InChI=1S/C13H12ClN3O3/c14-10-9(17-7-2-1-4-8(17)15-10)11(18)16-13(12(19)20)5-3-6-13/h1-2,4,7H,3,5-6H2,(H,16,18)(H,19,20). The minimum Gasteiger partial charge on any atom is -0.480 e. The number of imidazole rings is 1. The molecule has 1 fully saturated rings. The summed E-state index contributed by atoms with van der Waals surface area (Å²) >= 11 is 5.99. The summed E-state index contributed by atoms with van der Waals surface area (Å²) < 4.78 is 1.55. The van der Waals surface area contributed by atoms with Crippen LogP contribution in [0.4, 0.5) is 0 Å². The summed E-state index contributed by atoms with van der Waals surface area (Å²) in [6, 6.07) is 5.25. The highest BCUT2D eigenvalue weighted by Crippen LogP contribution is 2.32. The highest BCUT2D eigenvalue weighted by Gasteiger charge is 2.46. The van der Waals surface area contributed by atoms with Crippen LogP contribution in [0.15, 0.2) is 24.4 Å². The molecule has 0 radical (unpaired) electrons. The number of fused-ring (bicyclic) bond motifs is 1. The van der Waals surface area contributed by atoms with Gasteiger partial charge in [0.1, 0.15) is 11.2 Å². The lowest BCUT2D eigenvalue weighted by Gasteiger charge is -2.38. The van der Waals surface area contributed by atoms with Crippen LogP contribution in [0.5, 0.6) is 0 Å². The fourth-order valence-electron chi connectivity index (χ4n) is 2.37. The fourth-order valence-corrected chi connectivity index (χ4v) is 2.63. The summed E-state index contributed by atoms with van der Waals surface area (Å²) in [5, 5.41) is 11.9. The molecule has 0 aromatic carbocycles. The number of nitrogens with zero attached hydrogens (tertiary/aromatic N) is 2. The lowest BCUT2D eigenvalue weighted by Crippen LogP contribution is -2.59. The number of hydrogen-bond acceptors (Lipinski definition) is 3. The van der Waals surface area contributed by atoms with E-state index in [9.17, 15) is 14.7 Å². The number of carboxylic acid groups (broad SMARTS) is 1. The Labute approximate surface area is 119 Å². The number of carbonyl (C=O) groups is 2. The Bertz CT molecular complexity index is 706. The second-order valence-corrected chi connectivity index (χ2v) is 5.23. The second-order valence-electron chi connectivity index (χ2n) is 4.87. The van der Waals surface area contributed by atoms with E-state index < -0.39 is 17.4 Å². The van der Waals surface area contributed by atoms with Gasteiger partial charge < -0.3 is 10.4 Å². The average molecular weight is 294 g/mol. The molecule has 1 aliphatic rings. The maximum Gasteiger partial charge on any atom is 0.329 e. The summed E-state index contributed by atoms with van der Waals surface area (Å²) in [7, 11) is 0. The molecule has 20 heavy (non-hydrogen) atoms. The summed E-state index contributed by atoms with van der Waals surface area (Å²) in [5.74, 6) is -1.53. The maximum absolute atomic E-state index is 12.3. The molecule has 0 spiro atoms. The van der Waals surface area contributed by atoms with Gasteiger partial charge in [-0.05, 0) is 31.4 Å². The molecule has 2 N–H and O–H groups in total. The first-order chi connectivity index (χ1) is 9.53. The van der Waals surface area contributed by atoms with Gasteiger partial charge >= 0.3 is 5.97 Å². The van der Waals surface area contributed by atoms with E-state index >= 15 is 0 Å². The van der Waals surface area contributed by atoms with Crippen molar-refractivity contribution in [2.45, 2.75) is 24.8 Å². The number of aliphatic carboxylic acids is 1. The number of halogens is 1. The van der Waals surface area contributed by atoms with Crippen molar-refractivity contribution in [1.82, 2.24) is 14.7 Å². The maximum atomic E-state index is 12.3. The molecule has 104 valence electrons. The number of carboxylic acids is 1. The van der Waals surface area contributed by atoms with Gasteiger partial charge in [-0.25, -0.2) is 9.78 Å². The van der Waals surface area contributed by atoms with Crippen LogP contribution in [0.25, 0.3) is 5.65 Å². The molecule has 0 aliphatic heterocycles. The van der Waals surface area contributed by atoms with E-state index in [4.69, 9.17) is 11.6 Å². The van der Waals surface area contributed by atoms with Crippen molar-refractivity contribution in [1.29, 1.82) is 0 Å². The van der Waals surface area contributed by atoms with Gasteiger partial charge in [-0.15, -0.1) is 0 Å². The Hall–Kier alpha value is -2.08. The Balaban J connectivity index is 1.97. The number of nitrogens with one attached hydrogen (secondary N) is 1. The first-order valence-electron chi connectivity index (χ1n) is 6.22. The predicted molar refractivity (Wildman–Crippen MR) is 71.9 cm³/mol. The Morgan fingerprint density at radius 3 is 2.75 bits per heavy atom. The Morgan fingerprint density at radius 2 is 2.15 bits per heavy atom. The summed E-state index contributed by atoms with van der Waals surface area (Å²) in [6.07, 6.45) is 3.32. The van der Waals surface area contributed by atoms with Crippen LogP contribution in [-0.2, 0) is 4.79 Å². The number of pyridine rings is 1. The smallest absolute Gasteiger partial charge is 0.329 e. The normalized spacial score (nSPS) is 16.6. The minimum absolute atomic E-state index is 0.0635. The molecule has 0 unspecified atom stereocenters. The van der Waals surface area contributed by atoms with Crippen LogP contribution in [0.3, 0.4) is 0 Å². The zero-order valence-electron chi connectivity index (χ0n) is 10.5. The summed E-state index contributed by atoms with van der Waals surface area (Å²) in [4.78, 5) is 27.7. The largest absolute Gasteiger partial charge is 0.480 e. The number of hydrogen-bond donors (Lipinski definition) is 2. The van der Waals surface area contributed by atoms with E-state index in [1.165, 1.54) is 0 Å². The zero-order valence-corrected chi connectivity index (χ0v) is 11.2. The highest BCUT2D eigenvalue weighted by molar-refractivity contribution is 6.32. The molecule has 1 saturated carbocycles. The van der Waals surface area contributed by atoms with E-state index in [-0.39, 0.29) is 10.8 Å². The topological polar surface area (TPSA) is 83.7 Å². The molecular weight excluding hydrogens is 282 g/mol. The third-order valence-electron chi connectivity index (χ3n) is 3.67. The van der Waals surface area contributed by atoms with Crippen molar-refractivity contribution < 1.29 is 14.7 Å². The monoisotopic (exact) mass is 293 g/mol. The first-order valence-corrected chi connectivity index (χ1v) is 6.60. The number of aromatic nitrogens is 2. The Morgan fingerprint density at radius 1 is 1.40 bits per heavy atom. The molecule has 2 heterocycles. The van der Waals surface area contributed by atoms with E-state index in [0.717, 1.165) is 6.42 Å². The van der Waals surface area contributed by atoms with Gasteiger partial charge in [-0.3, -0.25) is 9.20 Å². The van der Waals surface area contributed by atoms with Crippen LogP contribution in [0.1, 0.15) is 29.8 Å². The van der Waals surface area contributed by atoms with Crippen LogP contribution in [-0.4, -0.2) is 31.9 Å². The third kappa shape index (κ3) is 1.84. The van der Waals surface area contributed by atoms with Gasteiger partial charge in [-0.2, -0.15) is 0 Å². The summed E-state index contributed by atoms with van der Waals surface area (Å²) in [5.41, 5.74) is -0.463. The van der Waals surface area contributed by atoms with Crippen LogP contribution in [0, 0.1) is 0 Å². The Kier molecular flexibility index (Phi) is 2.90. The third-order valence-corrected chi connectivity index (χ3v) is 3.94. The first kappa shape index (κ1) is 12.9. The van der Waals surface area contributed by atoms with Gasteiger partial charge in [-0.1, -0.05) is 17.7 Å². The van der Waals surface area contributed by atoms with Crippen molar-refractivity contribution in [3.63, 3.8) is 0 Å². The second kappa shape index (κ2) is 4.49. The lowest BCUT2D eigenvalue weighted by molar-refractivity contribution is -0.148. The van der Waals surface area contributed by atoms with Crippen molar-refractivity contribution in [3.8, 4) is 0 Å². The lowest BCUT2D eigenvalue weighted by atomic mass is 9.76. The van der Waals surface area contributed by atoms with Gasteiger partial charge in [0.15, 0.2) is 10.8 Å². The molecule has 6 nitrogen and oxygen atoms in total. The molecule has 0 saturated heterocycles. The molecule has 2 aromatic rings. The van der Waals surface area contributed by atoms with Crippen LogP contribution < -0.4 is 5.32 Å². The molecule has 0 bridgehead atoms. The number of rotatable bonds is 3.